The average Bonchev–Trinajstić information content (AvgIpc) is 2.92. The first-order valence-corrected chi connectivity index (χ1v) is 6.43. The summed E-state index contributed by atoms with van der Waals surface area (Å²) in [5.41, 5.74) is 0. The first-order valence-electron chi connectivity index (χ1n) is 4.06. The minimum absolute atomic E-state index is 0.277. The van der Waals surface area contributed by atoms with Crippen molar-refractivity contribution in [3.8, 4) is 5.75 Å². The largest absolute Gasteiger partial charge is 0.490 e. The zero-order chi connectivity index (χ0) is 10.1. The van der Waals surface area contributed by atoms with Gasteiger partial charge in [0.1, 0.15) is 18.5 Å². The summed E-state index contributed by atoms with van der Waals surface area (Å²) >= 11 is 10.3. The second-order valence-electron chi connectivity index (χ2n) is 2.97. The Hall–Kier alpha value is 0.420. The maximum absolute atomic E-state index is 5.59. The van der Waals surface area contributed by atoms with Crippen LogP contribution in [0.15, 0.2) is 25.6 Å². The molecule has 1 unspecified atom stereocenters. The van der Waals surface area contributed by atoms with E-state index in [1.807, 2.05) is 12.1 Å². The van der Waals surface area contributed by atoms with Gasteiger partial charge in [0, 0.05) is 8.95 Å². The number of rotatable bonds is 3. The Labute approximate surface area is 107 Å². The summed E-state index contributed by atoms with van der Waals surface area (Å²) in [6.07, 6.45) is 0.277. The van der Waals surface area contributed by atoms with Crippen LogP contribution in [-0.4, -0.2) is 19.3 Å². The molecule has 1 fully saturated rings. The van der Waals surface area contributed by atoms with Gasteiger partial charge in [0.2, 0.25) is 0 Å². The average molecular weight is 387 g/mol. The fourth-order valence-corrected chi connectivity index (χ4v) is 2.51. The van der Waals surface area contributed by atoms with Crippen LogP contribution in [0.5, 0.6) is 5.75 Å². The molecule has 1 aromatic carbocycles. The maximum Gasteiger partial charge on any atom is 0.135 e. The van der Waals surface area contributed by atoms with Crippen molar-refractivity contribution >= 4 is 47.8 Å². The van der Waals surface area contributed by atoms with E-state index >= 15 is 0 Å². The molecule has 0 saturated carbocycles. The molecule has 76 valence electrons. The second kappa shape index (κ2) is 4.51. The van der Waals surface area contributed by atoms with Crippen LogP contribution >= 0.6 is 47.8 Å². The summed E-state index contributed by atoms with van der Waals surface area (Å²) in [4.78, 5) is 0. The van der Waals surface area contributed by atoms with Crippen LogP contribution in [0.3, 0.4) is 0 Å². The van der Waals surface area contributed by atoms with E-state index in [0.29, 0.717) is 6.61 Å². The maximum atomic E-state index is 5.59. The fourth-order valence-electron chi connectivity index (χ4n) is 0.984. The van der Waals surface area contributed by atoms with Gasteiger partial charge < -0.3 is 9.47 Å². The van der Waals surface area contributed by atoms with Gasteiger partial charge >= 0.3 is 0 Å². The van der Waals surface area contributed by atoms with Crippen LogP contribution in [0.25, 0.3) is 0 Å². The van der Waals surface area contributed by atoms with Gasteiger partial charge in [-0.2, -0.15) is 0 Å². The summed E-state index contributed by atoms with van der Waals surface area (Å²) in [6.45, 7) is 1.42. The van der Waals surface area contributed by atoms with Crippen molar-refractivity contribution in [2.24, 2.45) is 0 Å². The van der Waals surface area contributed by atoms with E-state index in [0.717, 1.165) is 25.8 Å². The molecular formula is C9H7Br3O2. The summed E-state index contributed by atoms with van der Waals surface area (Å²) in [5.74, 6) is 0.821. The van der Waals surface area contributed by atoms with Gasteiger partial charge in [-0.15, -0.1) is 0 Å². The molecule has 0 amide bonds. The molecular weight excluding hydrogens is 380 g/mol. The van der Waals surface area contributed by atoms with Crippen molar-refractivity contribution in [2.75, 3.05) is 13.2 Å². The Morgan fingerprint density at radius 1 is 1.36 bits per heavy atom. The van der Waals surface area contributed by atoms with Crippen LogP contribution in [0.1, 0.15) is 0 Å². The van der Waals surface area contributed by atoms with Gasteiger partial charge in [-0.1, -0.05) is 15.9 Å². The predicted molar refractivity (Wildman–Crippen MR) is 64.8 cm³/mol. The minimum atomic E-state index is 0.277. The number of halogens is 3. The number of benzene rings is 1. The first-order chi connectivity index (χ1) is 6.66. The molecule has 1 atom stereocenters. The lowest BCUT2D eigenvalue weighted by Gasteiger charge is -2.08. The van der Waals surface area contributed by atoms with E-state index in [1.54, 1.807) is 0 Å². The molecule has 2 nitrogen and oxygen atoms in total. The van der Waals surface area contributed by atoms with Gasteiger partial charge in [-0.3, -0.25) is 0 Å². The Bertz CT molecular complexity index is 350. The van der Waals surface area contributed by atoms with Crippen molar-refractivity contribution in [3.63, 3.8) is 0 Å². The Morgan fingerprint density at radius 3 is 2.71 bits per heavy atom. The molecule has 14 heavy (non-hydrogen) atoms. The summed E-state index contributed by atoms with van der Waals surface area (Å²) in [7, 11) is 0. The highest BCUT2D eigenvalue weighted by Gasteiger charge is 2.23. The SMILES string of the molecule is Brc1cc(Br)c(Br)c(OCC2CO2)c1. The Morgan fingerprint density at radius 2 is 2.07 bits per heavy atom. The second-order valence-corrected chi connectivity index (χ2v) is 5.53. The van der Waals surface area contributed by atoms with Gasteiger partial charge in [-0.25, -0.2) is 0 Å². The zero-order valence-electron chi connectivity index (χ0n) is 7.10. The normalized spacial score (nSPS) is 19.5. The standard InChI is InChI=1S/C9H7Br3O2/c10-5-1-7(11)9(12)8(2-5)14-4-6-3-13-6/h1-2,6H,3-4H2. The van der Waals surface area contributed by atoms with Gasteiger partial charge in [0.15, 0.2) is 0 Å². The lowest BCUT2D eigenvalue weighted by Crippen LogP contribution is -2.04. The number of hydrogen-bond acceptors (Lipinski definition) is 2. The van der Waals surface area contributed by atoms with Crippen molar-refractivity contribution in [1.29, 1.82) is 0 Å². The van der Waals surface area contributed by atoms with Gasteiger partial charge in [0.25, 0.3) is 0 Å². The lowest BCUT2D eigenvalue weighted by atomic mass is 10.3. The molecule has 0 radical (unpaired) electrons. The number of ether oxygens (including phenoxy) is 2. The molecule has 1 heterocycles. The molecule has 0 aliphatic carbocycles. The van der Waals surface area contributed by atoms with Crippen molar-refractivity contribution in [3.05, 3.63) is 25.6 Å². The van der Waals surface area contributed by atoms with E-state index in [2.05, 4.69) is 47.8 Å². The molecule has 0 N–H and O–H groups in total. The number of hydrogen-bond donors (Lipinski definition) is 0. The van der Waals surface area contributed by atoms with Crippen LogP contribution < -0.4 is 4.74 Å². The van der Waals surface area contributed by atoms with Gasteiger partial charge in [-0.05, 0) is 44.0 Å². The Kier molecular flexibility index (Phi) is 3.52. The van der Waals surface area contributed by atoms with E-state index < -0.39 is 0 Å². The molecule has 2 rings (SSSR count). The topological polar surface area (TPSA) is 21.8 Å². The van der Waals surface area contributed by atoms with Crippen molar-refractivity contribution in [2.45, 2.75) is 6.10 Å². The molecule has 5 heteroatoms. The van der Waals surface area contributed by atoms with Crippen LogP contribution in [-0.2, 0) is 4.74 Å². The van der Waals surface area contributed by atoms with E-state index in [9.17, 15) is 0 Å². The third kappa shape index (κ3) is 2.72. The molecule has 0 spiro atoms. The number of epoxide rings is 1. The highest BCUT2D eigenvalue weighted by atomic mass is 79.9. The van der Waals surface area contributed by atoms with E-state index in [-0.39, 0.29) is 6.10 Å². The quantitative estimate of drug-likeness (QED) is 0.583. The third-order valence-electron chi connectivity index (χ3n) is 1.79. The molecule has 1 aliphatic heterocycles. The van der Waals surface area contributed by atoms with Crippen LogP contribution in [0, 0.1) is 0 Å². The van der Waals surface area contributed by atoms with Crippen LogP contribution in [0.4, 0.5) is 0 Å². The van der Waals surface area contributed by atoms with Crippen molar-refractivity contribution in [1.82, 2.24) is 0 Å². The highest BCUT2D eigenvalue weighted by molar-refractivity contribution is 9.13. The van der Waals surface area contributed by atoms with Crippen LogP contribution in [0.2, 0.25) is 0 Å². The zero-order valence-corrected chi connectivity index (χ0v) is 11.9. The highest BCUT2D eigenvalue weighted by Crippen LogP contribution is 2.36. The molecule has 0 bridgehead atoms. The smallest absolute Gasteiger partial charge is 0.135 e. The van der Waals surface area contributed by atoms with E-state index in [4.69, 9.17) is 9.47 Å². The van der Waals surface area contributed by atoms with Crippen molar-refractivity contribution < 1.29 is 9.47 Å². The Balaban J connectivity index is 2.13. The summed E-state index contributed by atoms with van der Waals surface area (Å²) < 4.78 is 13.5. The van der Waals surface area contributed by atoms with Gasteiger partial charge in [0.05, 0.1) is 11.1 Å². The monoisotopic (exact) mass is 384 g/mol. The molecule has 1 aromatic rings. The predicted octanol–water partition coefficient (Wildman–Crippen LogP) is 3.75. The molecule has 1 saturated heterocycles. The first kappa shape index (κ1) is 10.9. The fraction of sp³-hybridized carbons (Fsp3) is 0.333. The minimum Gasteiger partial charge on any atom is -0.490 e. The molecule has 0 aromatic heterocycles. The van der Waals surface area contributed by atoms with E-state index in [1.165, 1.54) is 0 Å². The lowest BCUT2D eigenvalue weighted by molar-refractivity contribution is 0.261. The molecule has 1 aliphatic rings. The summed E-state index contributed by atoms with van der Waals surface area (Å²) in [5, 5.41) is 0. The summed E-state index contributed by atoms with van der Waals surface area (Å²) in [6, 6.07) is 3.89. The third-order valence-corrected chi connectivity index (χ3v) is 4.22.